The average Bonchev–Trinajstić information content (AvgIpc) is 1.91. The summed E-state index contributed by atoms with van der Waals surface area (Å²) in [5, 5.41) is 14.2. The smallest absolute Gasteiger partial charge is 0.430 e. The fraction of sp³-hybridized carbons (Fsp3) is 0. The molecule has 54 valence electrons. The quantitative estimate of drug-likeness (QED) is 0.378. The van der Waals surface area contributed by atoms with Gasteiger partial charge in [-0.05, 0) is 12.1 Å². The summed E-state index contributed by atoms with van der Waals surface area (Å²) in [5.41, 5.74) is 0. The molecule has 0 atom stereocenters. The zero-order valence-electron chi connectivity index (χ0n) is 5.24. The molecular formula is C5H7BFNO2. The SMILES string of the molecule is Fc1ccccn1.OBO. The van der Waals surface area contributed by atoms with E-state index >= 15 is 0 Å². The summed E-state index contributed by atoms with van der Waals surface area (Å²) in [6.45, 7) is 0. The molecule has 10 heavy (non-hydrogen) atoms. The first-order chi connectivity index (χ1) is 4.81. The number of pyridine rings is 1. The fourth-order valence-electron chi connectivity index (χ4n) is 0.342. The molecule has 1 rings (SSSR count). The molecule has 0 spiro atoms. The first-order valence-electron chi connectivity index (χ1n) is 2.59. The Morgan fingerprint density at radius 2 is 2.00 bits per heavy atom. The van der Waals surface area contributed by atoms with Crippen LogP contribution in [-0.4, -0.2) is 22.7 Å². The maximum atomic E-state index is 11.8. The molecule has 0 bridgehead atoms. The standard InChI is InChI=1S/C5H4FN.BH3O2/c6-5-3-1-2-4-7-5;2-1-3/h1-4H;1-3H. The maximum absolute atomic E-state index is 11.8. The lowest BCUT2D eigenvalue weighted by Gasteiger charge is -1.78. The van der Waals surface area contributed by atoms with Gasteiger partial charge in [0.2, 0.25) is 5.95 Å². The zero-order valence-corrected chi connectivity index (χ0v) is 5.24. The Kier molecular flexibility index (Phi) is 5.61. The van der Waals surface area contributed by atoms with E-state index in [-0.39, 0.29) is 0 Å². The highest BCUT2D eigenvalue weighted by atomic mass is 19.1. The van der Waals surface area contributed by atoms with Crippen molar-refractivity contribution >= 4 is 7.69 Å². The van der Waals surface area contributed by atoms with Gasteiger partial charge >= 0.3 is 7.69 Å². The molecule has 0 aliphatic carbocycles. The van der Waals surface area contributed by atoms with Crippen molar-refractivity contribution in [2.45, 2.75) is 0 Å². The Balaban J connectivity index is 0.000000236. The van der Waals surface area contributed by atoms with Crippen LogP contribution in [0.4, 0.5) is 4.39 Å². The molecule has 0 aromatic carbocycles. The van der Waals surface area contributed by atoms with Gasteiger partial charge in [0.05, 0.1) is 0 Å². The van der Waals surface area contributed by atoms with Gasteiger partial charge in [-0.1, -0.05) is 6.07 Å². The monoisotopic (exact) mass is 143 g/mol. The Morgan fingerprint density at radius 3 is 2.20 bits per heavy atom. The summed E-state index contributed by atoms with van der Waals surface area (Å²) in [5.74, 6) is -0.428. The Bertz CT molecular complexity index is 161. The van der Waals surface area contributed by atoms with Crippen molar-refractivity contribution in [3.8, 4) is 0 Å². The molecule has 0 saturated heterocycles. The second kappa shape index (κ2) is 6.19. The van der Waals surface area contributed by atoms with Crippen molar-refractivity contribution in [3.63, 3.8) is 0 Å². The largest absolute Gasteiger partial charge is 0.432 e. The zero-order chi connectivity index (χ0) is 7.82. The van der Waals surface area contributed by atoms with Crippen LogP contribution in [0.2, 0.25) is 0 Å². The number of nitrogens with zero attached hydrogens (tertiary/aromatic N) is 1. The van der Waals surface area contributed by atoms with Gasteiger partial charge in [-0.2, -0.15) is 4.39 Å². The molecule has 3 nitrogen and oxygen atoms in total. The molecule has 5 heteroatoms. The third-order valence-corrected chi connectivity index (χ3v) is 0.629. The highest BCUT2D eigenvalue weighted by Crippen LogP contribution is 1.85. The van der Waals surface area contributed by atoms with E-state index < -0.39 is 13.6 Å². The third kappa shape index (κ3) is 5.21. The number of hydrogen-bond donors (Lipinski definition) is 2. The summed E-state index contributed by atoms with van der Waals surface area (Å²) in [6, 6.07) is 4.57. The van der Waals surface area contributed by atoms with Crippen LogP contribution >= 0.6 is 0 Å². The summed E-state index contributed by atoms with van der Waals surface area (Å²) >= 11 is 0. The van der Waals surface area contributed by atoms with Gasteiger partial charge in [-0.25, -0.2) is 4.98 Å². The van der Waals surface area contributed by atoms with Crippen LogP contribution in [0.1, 0.15) is 0 Å². The highest BCUT2D eigenvalue weighted by Gasteiger charge is 1.78. The van der Waals surface area contributed by atoms with Gasteiger partial charge in [-0.15, -0.1) is 0 Å². The highest BCUT2D eigenvalue weighted by molar-refractivity contribution is 6.13. The predicted octanol–water partition coefficient (Wildman–Crippen LogP) is -0.542. The first-order valence-corrected chi connectivity index (χ1v) is 2.59. The molecule has 0 aliphatic heterocycles. The summed E-state index contributed by atoms with van der Waals surface area (Å²) < 4.78 is 11.8. The molecular weight excluding hydrogens is 136 g/mol. The number of rotatable bonds is 0. The molecule has 0 saturated carbocycles. The van der Waals surface area contributed by atoms with Gasteiger partial charge in [0.1, 0.15) is 0 Å². The van der Waals surface area contributed by atoms with Crippen LogP contribution in [0.3, 0.4) is 0 Å². The van der Waals surface area contributed by atoms with Gasteiger partial charge in [0.15, 0.2) is 0 Å². The molecule has 0 radical (unpaired) electrons. The van der Waals surface area contributed by atoms with Crippen LogP contribution in [0.5, 0.6) is 0 Å². The molecule has 0 aliphatic rings. The minimum absolute atomic E-state index is 0.428. The lowest BCUT2D eigenvalue weighted by Crippen LogP contribution is -1.75. The topological polar surface area (TPSA) is 53.4 Å². The molecule has 0 unspecified atom stereocenters. The lowest BCUT2D eigenvalue weighted by atomic mass is 10.5. The van der Waals surface area contributed by atoms with Crippen molar-refractivity contribution < 1.29 is 14.4 Å². The minimum Gasteiger partial charge on any atom is -0.430 e. The van der Waals surface area contributed by atoms with E-state index in [4.69, 9.17) is 10.0 Å². The Morgan fingerprint density at radius 1 is 1.40 bits per heavy atom. The van der Waals surface area contributed by atoms with E-state index in [1.54, 1.807) is 12.1 Å². The first kappa shape index (κ1) is 9.06. The second-order valence-electron chi connectivity index (χ2n) is 1.29. The van der Waals surface area contributed by atoms with Crippen LogP contribution in [0.15, 0.2) is 24.4 Å². The summed E-state index contributed by atoms with van der Waals surface area (Å²) in [7, 11) is -0.750. The maximum Gasteiger partial charge on any atom is 0.432 e. The fourth-order valence-corrected chi connectivity index (χ4v) is 0.342. The number of halogens is 1. The van der Waals surface area contributed by atoms with E-state index in [0.29, 0.717) is 0 Å². The minimum atomic E-state index is -0.750. The Labute approximate surface area is 58.5 Å². The van der Waals surface area contributed by atoms with Gasteiger partial charge in [0.25, 0.3) is 0 Å². The van der Waals surface area contributed by atoms with Crippen LogP contribution in [0, 0.1) is 5.95 Å². The van der Waals surface area contributed by atoms with Crippen molar-refractivity contribution in [1.29, 1.82) is 0 Å². The van der Waals surface area contributed by atoms with Crippen molar-refractivity contribution in [2.24, 2.45) is 0 Å². The van der Waals surface area contributed by atoms with Crippen molar-refractivity contribution in [1.82, 2.24) is 4.98 Å². The van der Waals surface area contributed by atoms with Crippen molar-refractivity contribution in [2.75, 3.05) is 0 Å². The number of aromatic nitrogens is 1. The van der Waals surface area contributed by atoms with Gasteiger partial charge in [0, 0.05) is 6.20 Å². The summed E-state index contributed by atoms with van der Waals surface area (Å²) in [4.78, 5) is 3.31. The van der Waals surface area contributed by atoms with E-state index in [1.807, 2.05) is 0 Å². The molecule has 0 fully saturated rings. The predicted molar refractivity (Wildman–Crippen MR) is 35.8 cm³/mol. The molecule has 1 aromatic rings. The van der Waals surface area contributed by atoms with Gasteiger partial charge < -0.3 is 10.0 Å². The number of hydrogen-bond acceptors (Lipinski definition) is 3. The Hall–Kier alpha value is -0.935. The molecule has 1 aromatic heterocycles. The van der Waals surface area contributed by atoms with Crippen molar-refractivity contribution in [3.05, 3.63) is 30.3 Å². The van der Waals surface area contributed by atoms with E-state index in [2.05, 4.69) is 4.98 Å². The van der Waals surface area contributed by atoms with Crippen LogP contribution < -0.4 is 0 Å². The van der Waals surface area contributed by atoms with Gasteiger partial charge in [-0.3, -0.25) is 0 Å². The summed E-state index contributed by atoms with van der Waals surface area (Å²) in [6.07, 6.45) is 1.41. The van der Waals surface area contributed by atoms with Crippen LogP contribution in [0.25, 0.3) is 0 Å². The molecule has 2 N–H and O–H groups in total. The lowest BCUT2D eigenvalue weighted by molar-refractivity contribution is 0.448. The molecule has 0 amide bonds. The van der Waals surface area contributed by atoms with E-state index in [1.165, 1.54) is 12.3 Å². The normalized spacial score (nSPS) is 7.50. The third-order valence-electron chi connectivity index (χ3n) is 0.629. The second-order valence-corrected chi connectivity index (χ2v) is 1.29. The average molecular weight is 143 g/mol. The van der Waals surface area contributed by atoms with E-state index in [9.17, 15) is 4.39 Å². The van der Waals surface area contributed by atoms with Crippen LogP contribution in [-0.2, 0) is 0 Å². The van der Waals surface area contributed by atoms with E-state index in [0.717, 1.165) is 0 Å². The molecule has 1 heterocycles.